The van der Waals surface area contributed by atoms with E-state index in [1.807, 2.05) is 0 Å². The van der Waals surface area contributed by atoms with Gasteiger partial charge in [0.2, 0.25) is 10.4 Å². The van der Waals surface area contributed by atoms with Crippen LogP contribution in [0.4, 0.5) is 0 Å². The van der Waals surface area contributed by atoms with Gasteiger partial charge in [0.25, 0.3) is 0 Å². The summed E-state index contributed by atoms with van der Waals surface area (Å²) in [5.41, 5.74) is 0. The molecule has 0 aromatic heterocycles. The normalized spacial score (nSPS) is 20.1. The van der Waals surface area contributed by atoms with Crippen molar-refractivity contribution in [1.29, 1.82) is 0 Å². The van der Waals surface area contributed by atoms with E-state index >= 15 is 0 Å². The molecule has 1 saturated heterocycles. The second-order valence-electron chi connectivity index (χ2n) is 9.42. The Balaban J connectivity index is 0.0000102. The average Bonchev–Trinajstić information content (AvgIpc) is 3.06. The van der Waals surface area contributed by atoms with Crippen LogP contribution in [0.5, 0.6) is 0 Å². The van der Waals surface area contributed by atoms with Gasteiger partial charge >= 0.3 is 29.6 Å². The van der Waals surface area contributed by atoms with Crippen LogP contribution in [0.2, 0.25) is 0 Å². The maximum atomic E-state index is 10.4. The first-order valence-electron chi connectivity index (χ1n) is 13.3. The summed E-state index contributed by atoms with van der Waals surface area (Å²) < 4.78 is 48.7. The predicted molar refractivity (Wildman–Crippen MR) is 128 cm³/mol. The quantitative estimate of drug-likeness (QED) is 0.102. The van der Waals surface area contributed by atoms with Crippen LogP contribution in [0.3, 0.4) is 0 Å². The fraction of sp³-hybridized carbons (Fsp3) is 1.00. The van der Waals surface area contributed by atoms with Gasteiger partial charge in [-0.3, -0.25) is 4.18 Å². The van der Waals surface area contributed by atoms with Crippen molar-refractivity contribution in [2.45, 2.75) is 154 Å². The van der Waals surface area contributed by atoms with Crippen LogP contribution < -0.4 is 29.6 Å². The summed E-state index contributed by atoms with van der Waals surface area (Å²) in [4.78, 5) is 0. The van der Waals surface area contributed by atoms with E-state index in [-0.39, 0.29) is 54.2 Å². The molecule has 1 heterocycles. The Hall–Kier alpha value is 0.790. The molecule has 0 aliphatic carbocycles. The molecule has 0 unspecified atom stereocenters. The van der Waals surface area contributed by atoms with Gasteiger partial charge in [-0.05, 0) is 19.3 Å². The van der Waals surface area contributed by atoms with Gasteiger partial charge in [0.1, 0.15) is 0 Å². The molecule has 6 nitrogen and oxygen atoms in total. The summed E-state index contributed by atoms with van der Waals surface area (Å²) in [6.45, 7) is 6.66. The van der Waals surface area contributed by atoms with Gasteiger partial charge in [0, 0.05) is 12.8 Å². The SMILES string of the molecule is CCCCCCCC[C@H]1OC(CCC)(CCC)O[C@@H]1CCCCCCCCOS(=O)(=O)[O-].[Na+]. The van der Waals surface area contributed by atoms with E-state index < -0.39 is 10.4 Å². The Bertz CT molecular complexity index is 551. The second kappa shape index (κ2) is 19.9. The van der Waals surface area contributed by atoms with Crippen molar-refractivity contribution in [3.05, 3.63) is 0 Å². The van der Waals surface area contributed by atoms with E-state index in [0.717, 1.165) is 70.6 Å². The summed E-state index contributed by atoms with van der Waals surface area (Å²) in [5, 5.41) is 0. The molecule has 1 aliphatic heterocycles. The maximum Gasteiger partial charge on any atom is 1.00 e. The van der Waals surface area contributed by atoms with Crippen molar-refractivity contribution in [2.24, 2.45) is 0 Å². The van der Waals surface area contributed by atoms with Crippen molar-refractivity contribution in [1.82, 2.24) is 0 Å². The van der Waals surface area contributed by atoms with E-state index in [9.17, 15) is 13.0 Å². The molecule has 2 atom stereocenters. The van der Waals surface area contributed by atoms with Crippen molar-refractivity contribution < 1.29 is 56.2 Å². The molecule has 0 radical (unpaired) electrons. The largest absolute Gasteiger partial charge is 1.00 e. The molecule has 33 heavy (non-hydrogen) atoms. The smallest absolute Gasteiger partial charge is 0.726 e. The molecule has 0 N–H and O–H groups in total. The summed E-state index contributed by atoms with van der Waals surface area (Å²) in [7, 11) is -4.55. The molecule has 0 spiro atoms. The Morgan fingerprint density at radius 1 is 0.697 bits per heavy atom. The Morgan fingerprint density at radius 3 is 1.55 bits per heavy atom. The van der Waals surface area contributed by atoms with E-state index in [4.69, 9.17) is 9.47 Å². The zero-order chi connectivity index (χ0) is 23.7. The summed E-state index contributed by atoms with van der Waals surface area (Å²) >= 11 is 0. The van der Waals surface area contributed by atoms with Crippen LogP contribution in [0.25, 0.3) is 0 Å². The van der Waals surface area contributed by atoms with E-state index in [0.29, 0.717) is 6.42 Å². The van der Waals surface area contributed by atoms with Gasteiger partial charge < -0.3 is 14.0 Å². The second-order valence-corrected chi connectivity index (χ2v) is 10.5. The zero-order valence-electron chi connectivity index (χ0n) is 21.9. The topological polar surface area (TPSA) is 84.9 Å². The van der Waals surface area contributed by atoms with Gasteiger partial charge in [-0.1, -0.05) is 104 Å². The van der Waals surface area contributed by atoms with Crippen LogP contribution >= 0.6 is 0 Å². The van der Waals surface area contributed by atoms with Crippen molar-refractivity contribution >= 4 is 10.4 Å². The minimum atomic E-state index is -4.55. The van der Waals surface area contributed by atoms with Gasteiger partial charge in [-0.15, -0.1) is 0 Å². The molecule has 0 bridgehead atoms. The van der Waals surface area contributed by atoms with E-state index in [1.165, 1.54) is 38.5 Å². The van der Waals surface area contributed by atoms with Crippen molar-refractivity contribution in [3.63, 3.8) is 0 Å². The van der Waals surface area contributed by atoms with Gasteiger partial charge in [-0.2, -0.15) is 0 Å². The molecule has 0 saturated carbocycles. The first-order valence-corrected chi connectivity index (χ1v) is 14.6. The van der Waals surface area contributed by atoms with E-state index in [1.54, 1.807) is 0 Å². The number of unbranched alkanes of at least 4 members (excludes halogenated alkanes) is 10. The number of hydrogen-bond acceptors (Lipinski definition) is 6. The van der Waals surface area contributed by atoms with Crippen LogP contribution in [0, 0.1) is 0 Å². The van der Waals surface area contributed by atoms with Crippen LogP contribution in [-0.4, -0.2) is 37.6 Å². The fourth-order valence-corrected chi connectivity index (χ4v) is 5.11. The molecule has 1 fully saturated rings. The number of hydrogen-bond donors (Lipinski definition) is 0. The molecule has 0 aromatic carbocycles. The molecule has 1 rings (SSSR count). The Labute approximate surface area is 226 Å². The van der Waals surface area contributed by atoms with Gasteiger partial charge in [0.05, 0.1) is 18.8 Å². The molecular weight excluding hydrogens is 451 g/mol. The molecule has 192 valence electrons. The first kappa shape index (κ1) is 33.8. The summed E-state index contributed by atoms with van der Waals surface area (Å²) in [6.07, 6.45) is 20.4. The third-order valence-corrected chi connectivity index (χ3v) is 6.82. The molecule has 8 heteroatoms. The third kappa shape index (κ3) is 16.2. The minimum Gasteiger partial charge on any atom is -0.726 e. The first-order chi connectivity index (χ1) is 15.4. The monoisotopic (exact) mass is 500 g/mol. The molecular formula is C25H49NaO6S. The summed E-state index contributed by atoms with van der Waals surface area (Å²) in [5.74, 6) is -0.372. The van der Waals surface area contributed by atoms with Crippen LogP contribution in [0.1, 0.15) is 136 Å². The third-order valence-electron chi connectivity index (χ3n) is 6.36. The van der Waals surface area contributed by atoms with Gasteiger partial charge in [0.15, 0.2) is 5.79 Å². The zero-order valence-corrected chi connectivity index (χ0v) is 24.8. The molecule has 0 amide bonds. The van der Waals surface area contributed by atoms with Crippen molar-refractivity contribution in [2.75, 3.05) is 6.61 Å². The standard InChI is InChI=1S/C25H50O6S.Na/c1-4-7-8-9-12-15-18-23-24(31-25(30-23,20-5-2)21-6-3)19-16-13-10-11-14-17-22-29-32(26,27)28;/h23-24H,4-22H2,1-3H3,(H,26,27,28);/q;+1/p-1/t23-,24-;/m1./s1. The number of rotatable bonds is 21. The predicted octanol–water partition coefficient (Wildman–Crippen LogP) is 4.03. The maximum absolute atomic E-state index is 10.4. The Morgan fingerprint density at radius 2 is 1.12 bits per heavy atom. The fourth-order valence-electron chi connectivity index (χ4n) is 4.78. The summed E-state index contributed by atoms with van der Waals surface area (Å²) in [6, 6.07) is 0. The minimum absolute atomic E-state index is 0. The Kier molecular flexibility index (Phi) is 20.4. The van der Waals surface area contributed by atoms with Gasteiger partial charge in [-0.25, -0.2) is 8.42 Å². The number of ether oxygens (including phenoxy) is 2. The van der Waals surface area contributed by atoms with E-state index in [2.05, 4.69) is 25.0 Å². The molecule has 1 aliphatic rings. The van der Waals surface area contributed by atoms with Crippen LogP contribution in [-0.2, 0) is 24.1 Å². The average molecular weight is 501 g/mol. The van der Waals surface area contributed by atoms with Crippen molar-refractivity contribution in [3.8, 4) is 0 Å². The molecule has 0 aromatic rings. The van der Waals surface area contributed by atoms with Crippen LogP contribution in [0.15, 0.2) is 0 Å².